The first-order chi connectivity index (χ1) is 12.2. The molecular formula is C20H28N2O4. The van der Waals surface area contributed by atoms with Gasteiger partial charge in [-0.05, 0) is 57.9 Å². The number of ether oxygens (including phenoxy) is 1. The molecule has 0 spiro atoms. The third kappa shape index (κ3) is 6.50. The van der Waals surface area contributed by atoms with Crippen molar-refractivity contribution >= 4 is 17.8 Å². The van der Waals surface area contributed by atoms with E-state index in [0.717, 1.165) is 25.7 Å². The van der Waals surface area contributed by atoms with E-state index < -0.39 is 5.97 Å². The predicted molar refractivity (Wildman–Crippen MR) is 99.0 cm³/mol. The summed E-state index contributed by atoms with van der Waals surface area (Å²) in [6, 6.07) is 6.38. The van der Waals surface area contributed by atoms with Crippen LogP contribution in [0.4, 0.5) is 0 Å². The molecule has 1 aromatic carbocycles. The van der Waals surface area contributed by atoms with Gasteiger partial charge in [0.25, 0.3) is 11.8 Å². The Morgan fingerprint density at radius 1 is 1.00 bits per heavy atom. The average molecular weight is 360 g/mol. The van der Waals surface area contributed by atoms with E-state index in [1.807, 2.05) is 20.8 Å². The molecule has 0 atom stereocenters. The number of rotatable bonds is 5. The van der Waals surface area contributed by atoms with Crippen LogP contribution in [0.2, 0.25) is 0 Å². The van der Waals surface area contributed by atoms with Gasteiger partial charge >= 0.3 is 5.97 Å². The number of amides is 2. The van der Waals surface area contributed by atoms with Gasteiger partial charge in [-0.25, -0.2) is 4.79 Å². The lowest BCUT2D eigenvalue weighted by Crippen LogP contribution is -2.40. The van der Waals surface area contributed by atoms with E-state index in [-0.39, 0.29) is 30.0 Å². The van der Waals surface area contributed by atoms with Gasteiger partial charge in [-0.1, -0.05) is 19.3 Å². The first-order valence-corrected chi connectivity index (χ1v) is 9.14. The highest BCUT2D eigenvalue weighted by Crippen LogP contribution is 2.17. The summed E-state index contributed by atoms with van der Waals surface area (Å²) in [5, 5.41) is 5.76. The Morgan fingerprint density at radius 3 is 2.15 bits per heavy atom. The predicted octanol–water partition coefficient (Wildman–Crippen LogP) is 2.82. The molecule has 142 valence electrons. The Hall–Kier alpha value is -2.37. The topological polar surface area (TPSA) is 84.5 Å². The number of benzene rings is 1. The van der Waals surface area contributed by atoms with Crippen LogP contribution in [0, 0.1) is 0 Å². The lowest BCUT2D eigenvalue weighted by Gasteiger charge is -2.22. The summed E-state index contributed by atoms with van der Waals surface area (Å²) in [7, 11) is 0. The SMILES string of the molecule is CC(C)(C)NC(=O)c1ccc(C(=O)OCC(=O)NC2CCCCC2)cc1. The number of nitrogens with one attached hydrogen (secondary N) is 2. The van der Waals surface area contributed by atoms with Gasteiger partial charge in [0.15, 0.2) is 6.61 Å². The zero-order valence-electron chi connectivity index (χ0n) is 15.8. The van der Waals surface area contributed by atoms with E-state index in [2.05, 4.69) is 10.6 Å². The van der Waals surface area contributed by atoms with Gasteiger partial charge in [0.1, 0.15) is 0 Å². The van der Waals surface area contributed by atoms with Crippen LogP contribution in [0.1, 0.15) is 73.6 Å². The van der Waals surface area contributed by atoms with Crippen LogP contribution >= 0.6 is 0 Å². The molecule has 1 aromatic rings. The molecule has 2 rings (SSSR count). The first-order valence-electron chi connectivity index (χ1n) is 9.14. The Morgan fingerprint density at radius 2 is 1.58 bits per heavy atom. The molecule has 0 unspecified atom stereocenters. The zero-order chi connectivity index (χ0) is 19.2. The van der Waals surface area contributed by atoms with Crippen molar-refractivity contribution in [2.24, 2.45) is 0 Å². The maximum Gasteiger partial charge on any atom is 0.338 e. The van der Waals surface area contributed by atoms with Crippen molar-refractivity contribution in [1.29, 1.82) is 0 Å². The molecule has 0 bridgehead atoms. The molecule has 1 aliphatic carbocycles. The summed E-state index contributed by atoms with van der Waals surface area (Å²) >= 11 is 0. The van der Waals surface area contributed by atoms with Crippen molar-refractivity contribution in [1.82, 2.24) is 10.6 Å². The van der Waals surface area contributed by atoms with Crippen molar-refractivity contribution in [3.63, 3.8) is 0 Å². The van der Waals surface area contributed by atoms with Crippen LogP contribution in [0.5, 0.6) is 0 Å². The Labute approximate surface area is 154 Å². The van der Waals surface area contributed by atoms with Crippen molar-refractivity contribution in [3.05, 3.63) is 35.4 Å². The molecule has 2 N–H and O–H groups in total. The molecule has 26 heavy (non-hydrogen) atoms. The molecule has 0 aliphatic heterocycles. The Bertz CT molecular complexity index is 641. The van der Waals surface area contributed by atoms with Gasteiger partial charge in [0, 0.05) is 17.1 Å². The van der Waals surface area contributed by atoms with E-state index in [0.29, 0.717) is 11.1 Å². The van der Waals surface area contributed by atoms with E-state index in [9.17, 15) is 14.4 Å². The van der Waals surface area contributed by atoms with Crippen molar-refractivity contribution in [2.45, 2.75) is 64.5 Å². The molecule has 1 aliphatic rings. The fraction of sp³-hybridized carbons (Fsp3) is 0.550. The third-order valence-corrected chi connectivity index (χ3v) is 4.18. The molecule has 0 heterocycles. The standard InChI is InChI=1S/C20H28N2O4/c1-20(2,3)22-18(24)14-9-11-15(12-10-14)19(25)26-13-17(23)21-16-7-5-4-6-8-16/h9-12,16H,4-8,13H2,1-3H3,(H,21,23)(H,22,24). The van der Waals surface area contributed by atoms with E-state index in [1.165, 1.54) is 18.6 Å². The summed E-state index contributed by atoms with van der Waals surface area (Å²) in [5.74, 6) is -1.05. The second kappa shape index (κ2) is 8.83. The second-order valence-corrected chi connectivity index (χ2v) is 7.76. The molecule has 0 radical (unpaired) electrons. The maximum atomic E-state index is 12.1. The highest BCUT2D eigenvalue weighted by Gasteiger charge is 2.18. The van der Waals surface area contributed by atoms with Gasteiger partial charge in [-0.15, -0.1) is 0 Å². The monoisotopic (exact) mass is 360 g/mol. The molecule has 0 aromatic heterocycles. The summed E-state index contributed by atoms with van der Waals surface area (Å²) in [4.78, 5) is 36.0. The summed E-state index contributed by atoms with van der Waals surface area (Å²) < 4.78 is 5.06. The van der Waals surface area contributed by atoms with E-state index in [4.69, 9.17) is 4.74 Å². The third-order valence-electron chi connectivity index (χ3n) is 4.18. The fourth-order valence-electron chi connectivity index (χ4n) is 2.90. The number of carbonyl (C=O) groups is 3. The lowest BCUT2D eigenvalue weighted by atomic mass is 9.95. The van der Waals surface area contributed by atoms with E-state index in [1.54, 1.807) is 12.1 Å². The average Bonchev–Trinajstić information content (AvgIpc) is 2.59. The molecule has 1 saturated carbocycles. The largest absolute Gasteiger partial charge is 0.452 e. The molecule has 0 saturated heterocycles. The lowest BCUT2D eigenvalue weighted by molar-refractivity contribution is -0.125. The smallest absolute Gasteiger partial charge is 0.338 e. The minimum atomic E-state index is -0.577. The first kappa shape index (κ1) is 19.9. The van der Waals surface area contributed by atoms with Gasteiger partial charge in [-0.3, -0.25) is 9.59 Å². The molecule has 1 fully saturated rings. The minimum absolute atomic E-state index is 0.190. The van der Waals surface area contributed by atoms with Crippen LogP contribution < -0.4 is 10.6 Å². The normalized spacial score (nSPS) is 15.2. The molecule has 2 amide bonds. The van der Waals surface area contributed by atoms with Crippen LogP contribution in [0.25, 0.3) is 0 Å². The van der Waals surface area contributed by atoms with Gasteiger partial charge in [-0.2, -0.15) is 0 Å². The maximum absolute atomic E-state index is 12.1. The number of hydrogen-bond donors (Lipinski definition) is 2. The number of esters is 1. The summed E-state index contributed by atoms with van der Waals surface area (Å²) in [5.41, 5.74) is 0.440. The second-order valence-electron chi connectivity index (χ2n) is 7.76. The van der Waals surface area contributed by atoms with Crippen LogP contribution in [0.3, 0.4) is 0 Å². The van der Waals surface area contributed by atoms with E-state index >= 15 is 0 Å². The highest BCUT2D eigenvalue weighted by atomic mass is 16.5. The Balaban J connectivity index is 1.81. The number of carbonyl (C=O) groups excluding carboxylic acids is 3. The van der Waals surface area contributed by atoms with Gasteiger partial charge in [0.05, 0.1) is 5.56 Å². The van der Waals surface area contributed by atoms with Crippen molar-refractivity contribution in [2.75, 3.05) is 6.61 Å². The zero-order valence-corrected chi connectivity index (χ0v) is 15.8. The minimum Gasteiger partial charge on any atom is -0.452 e. The quantitative estimate of drug-likeness (QED) is 0.791. The van der Waals surface area contributed by atoms with Crippen molar-refractivity contribution < 1.29 is 19.1 Å². The molecule has 6 nitrogen and oxygen atoms in total. The summed E-state index contributed by atoms with van der Waals surface area (Å²) in [6.45, 7) is 5.40. The Kier molecular flexibility index (Phi) is 6.77. The van der Waals surface area contributed by atoms with Crippen LogP contribution in [0.15, 0.2) is 24.3 Å². The molecule has 6 heteroatoms. The number of hydrogen-bond acceptors (Lipinski definition) is 4. The van der Waals surface area contributed by atoms with Crippen molar-refractivity contribution in [3.8, 4) is 0 Å². The highest BCUT2D eigenvalue weighted by molar-refractivity contribution is 5.96. The van der Waals surface area contributed by atoms with Gasteiger partial charge < -0.3 is 15.4 Å². The fourth-order valence-corrected chi connectivity index (χ4v) is 2.90. The molecular weight excluding hydrogens is 332 g/mol. The van der Waals surface area contributed by atoms with Crippen LogP contribution in [-0.2, 0) is 9.53 Å². The summed E-state index contributed by atoms with van der Waals surface area (Å²) in [6.07, 6.45) is 5.43. The van der Waals surface area contributed by atoms with Gasteiger partial charge in [0.2, 0.25) is 0 Å². The van der Waals surface area contributed by atoms with Crippen LogP contribution in [-0.4, -0.2) is 36.0 Å².